The summed E-state index contributed by atoms with van der Waals surface area (Å²) < 4.78 is 13.7. The standard InChI is InChI=1S/C12H12FN3O2S/c1-6(14-7(2)17)11(18)16-12-15-9-4-3-8(13)5-10(9)19-12/h3-6H,1-2H3,(H,14,17)(H,15,16,18). The number of hydrogen-bond donors (Lipinski definition) is 2. The van der Waals surface area contributed by atoms with Crippen molar-refractivity contribution in [1.29, 1.82) is 0 Å². The summed E-state index contributed by atoms with van der Waals surface area (Å²) in [4.78, 5) is 26.8. The number of rotatable bonds is 3. The minimum absolute atomic E-state index is 0.283. The van der Waals surface area contributed by atoms with E-state index in [0.717, 1.165) is 0 Å². The van der Waals surface area contributed by atoms with E-state index in [-0.39, 0.29) is 17.6 Å². The second kappa shape index (κ2) is 5.31. The van der Waals surface area contributed by atoms with E-state index in [1.807, 2.05) is 0 Å². The lowest BCUT2D eigenvalue weighted by molar-refractivity contribution is -0.124. The molecule has 1 heterocycles. The van der Waals surface area contributed by atoms with E-state index in [0.29, 0.717) is 15.3 Å². The smallest absolute Gasteiger partial charge is 0.248 e. The van der Waals surface area contributed by atoms with Crippen molar-refractivity contribution in [3.05, 3.63) is 24.0 Å². The monoisotopic (exact) mass is 281 g/mol. The Hall–Kier alpha value is -2.02. The first-order valence-corrected chi connectivity index (χ1v) is 6.41. The molecular formula is C12H12FN3O2S. The van der Waals surface area contributed by atoms with Gasteiger partial charge in [-0.05, 0) is 25.1 Å². The van der Waals surface area contributed by atoms with Crippen LogP contribution in [0.25, 0.3) is 10.2 Å². The van der Waals surface area contributed by atoms with Crippen molar-refractivity contribution in [3.63, 3.8) is 0 Å². The molecule has 0 saturated carbocycles. The number of nitrogens with one attached hydrogen (secondary N) is 2. The van der Waals surface area contributed by atoms with Crippen LogP contribution >= 0.6 is 11.3 Å². The zero-order valence-electron chi connectivity index (χ0n) is 10.4. The first-order valence-electron chi connectivity index (χ1n) is 5.60. The summed E-state index contributed by atoms with van der Waals surface area (Å²) >= 11 is 1.18. The van der Waals surface area contributed by atoms with Crippen molar-refractivity contribution in [3.8, 4) is 0 Å². The average molecular weight is 281 g/mol. The van der Waals surface area contributed by atoms with Crippen molar-refractivity contribution < 1.29 is 14.0 Å². The van der Waals surface area contributed by atoms with E-state index in [4.69, 9.17) is 0 Å². The molecule has 7 heteroatoms. The fraction of sp³-hybridized carbons (Fsp3) is 0.250. The van der Waals surface area contributed by atoms with Crippen LogP contribution in [0.3, 0.4) is 0 Å². The molecule has 2 rings (SSSR count). The predicted molar refractivity (Wildman–Crippen MR) is 71.5 cm³/mol. The van der Waals surface area contributed by atoms with Crippen LogP contribution in [0.4, 0.5) is 9.52 Å². The Balaban J connectivity index is 2.12. The van der Waals surface area contributed by atoms with Gasteiger partial charge in [0.05, 0.1) is 10.2 Å². The Labute approximate surface area is 112 Å². The number of fused-ring (bicyclic) bond motifs is 1. The Morgan fingerprint density at radius 3 is 2.84 bits per heavy atom. The van der Waals surface area contributed by atoms with Gasteiger partial charge in [-0.2, -0.15) is 0 Å². The van der Waals surface area contributed by atoms with Gasteiger partial charge in [-0.1, -0.05) is 11.3 Å². The van der Waals surface area contributed by atoms with Crippen molar-refractivity contribution in [2.75, 3.05) is 5.32 Å². The molecule has 5 nitrogen and oxygen atoms in total. The topological polar surface area (TPSA) is 71.1 Å². The number of aromatic nitrogens is 1. The molecule has 1 aromatic heterocycles. The number of benzene rings is 1. The first-order chi connectivity index (χ1) is 8.95. The lowest BCUT2D eigenvalue weighted by Crippen LogP contribution is -2.40. The Morgan fingerprint density at radius 2 is 2.16 bits per heavy atom. The minimum atomic E-state index is -0.652. The molecule has 0 aliphatic rings. The van der Waals surface area contributed by atoms with Gasteiger partial charge in [0.15, 0.2) is 5.13 Å². The number of carbonyl (C=O) groups is 2. The van der Waals surface area contributed by atoms with Crippen LogP contribution in [0, 0.1) is 5.82 Å². The molecule has 0 fully saturated rings. The molecule has 0 spiro atoms. The summed E-state index contributed by atoms with van der Waals surface area (Å²) in [5.74, 6) is -0.996. The third-order valence-corrected chi connectivity index (χ3v) is 3.33. The van der Waals surface area contributed by atoms with Crippen LogP contribution in [0.2, 0.25) is 0 Å². The van der Waals surface area contributed by atoms with Crippen molar-refractivity contribution in [2.45, 2.75) is 19.9 Å². The number of anilines is 1. The number of halogens is 1. The van der Waals surface area contributed by atoms with Gasteiger partial charge in [0.1, 0.15) is 11.9 Å². The first kappa shape index (κ1) is 13.4. The van der Waals surface area contributed by atoms with Crippen molar-refractivity contribution in [1.82, 2.24) is 10.3 Å². The molecule has 19 heavy (non-hydrogen) atoms. The summed E-state index contributed by atoms with van der Waals surface area (Å²) in [5.41, 5.74) is 0.619. The molecule has 2 amide bonds. The van der Waals surface area contributed by atoms with Crippen LogP contribution < -0.4 is 10.6 Å². The Bertz CT molecular complexity index is 641. The Morgan fingerprint density at radius 1 is 1.42 bits per heavy atom. The third-order valence-electron chi connectivity index (χ3n) is 2.39. The maximum absolute atomic E-state index is 13.0. The van der Waals surface area contributed by atoms with E-state index in [2.05, 4.69) is 15.6 Å². The summed E-state index contributed by atoms with van der Waals surface area (Å²) in [6.07, 6.45) is 0. The molecule has 0 aliphatic heterocycles. The molecule has 2 aromatic rings. The maximum atomic E-state index is 13.0. The zero-order chi connectivity index (χ0) is 14.0. The van der Waals surface area contributed by atoms with Gasteiger partial charge in [-0.25, -0.2) is 9.37 Å². The molecule has 100 valence electrons. The van der Waals surface area contributed by atoms with Gasteiger partial charge in [0.25, 0.3) is 0 Å². The van der Waals surface area contributed by atoms with Crippen LogP contribution in [0.5, 0.6) is 0 Å². The highest BCUT2D eigenvalue weighted by Crippen LogP contribution is 2.26. The van der Waals surface area contributed by atoms with E-state index in [1.54, 1.807) is 13.0 Å². The molecule has 0 bridgehead atoms. The normalized spacial score (nSPS) is 12.2. The molecule has 1 atom stereocenters. The number of nitrogens with zero attached hydrogens (tertiary/aromatic N) is 1. The van der Waals surface area contributed by atoms with E-state index < -0.39 is 6.04 Å². The van der Waals surface area contributed by atoms with Gasteiger partial charge < -0.3 is 10.6 Å². The molecule has 0 aliphatic carbocycles. The van der Waals surface area contributed by atoms with Crippen LogP contribution in [-0.4, -0.2) is 22.8 Å². The van der Waals surface area contributed by atoms with Gasteiger partial charge in [0, 0.05) is 6.92 Å². The fourth-order valence-electron chi connectivity index (χ4n) is 1.54. The second-order valence-corrected chi connectivity index (χ2v) is 5.07. The number of carbonyl (C=O) groups excluding carboxylic acids is 2. The van der Waals surface area contributed by atoms with E-state index in [1.165, 1.54) is 30.4 Å². The van der Waals surface area contributed by atoms with E-state index >= 15 is 0 Å². The highest BCUT2D eigenvalue weighted by atomic mass is 32.1. The van der Waals surface area contributed by atoms with Crippen molar-refractivity contribution in [2.24, 2.45) is 0 Å². The number of amides is 2. The molecule has 1 unspecified atom stereocenters. The molecular weight excluding hydrogens is 269 g/mol. The maximum Gasteiger partial charge on any atom is 0.248 e. The predicted octanol–water partition coefficient (Wildman–Crippen LogP) is 1.90. The fourth-order valence-corrected chi connectivity index (χ4v) is 2.43. The van der Waals surface area contributed by atoms with Gasteiger partial charge in [0.2, 0.25) is 11.8 Å². The molecule has 0 radical (unpaired) electrons. The van der Waals surface area contributed by atoms with E-state index in [9.17, 15) is 14.0 Å². The Kier molecular flexibility index (Phi) is 3.75. The highest BCUT2D eigenvalue weighted by Gasteiger charge is 2.15. The number of hydrogen-bond acceptors (Lipinski definition) is 4. The highest BCUT2D eigenvalue weighted by molar-refractivity contribution is 7.22. The number of thiazole rings is 1. The lowest BCUT2D eigenvalue weighted by Gasteiger charge is -2.10. The summed E-state index contributed by atoms with van der Waals surface area (Å²) in [7, 11) is 0. The molecule has 2 N–H and O–H groups in total. The van der Waals surface area contributed by atoms with Crippen LogP contribution in [-0.2, 0) is 9.59 Å². The summed E-state index contributed by atoms with van der Waals surface area (Å²) in [6.45, 7) is 2.91. The van der Waals surface area contributed by atoms with Gasteiger partial charge in [-0.15, -0.1) is 0 Å². The zero-order valence-corrected chi connectivity index (χ0v) is 11.2. The minimum Gasteiger partial charge on any atom is -0.345 e. The SMILES string of the molecule is CC(=O)NC(C)C(=O)Nc1nc2ccc(F)cc2s1. The second-order valence-electron chi connectivity index (χ2n) is 4.04. The van der Waals surface area contributed by atoms with Crippen LogP contribution in [0.15, 0.2) is 18.2 Å². The van der Waals surface area contributed by atoms with Gasteiger partial charge in [-0.3, -0.25) is 9.59 Å². The molecule has 0 saturated heterocycles. The summed E-state index contributed by atoms with van der Waals surface area (Å²) in [5, 5.41) is 5.44. The summed E-state index contributed by atoms with van der Waals surface area (Å²) in [6, 6.07) is 3.57. The third kappa shape index (κ3) is 3.25. The quantitative estimate of drug-likeness (QED) is 0.902. The average Bonchev–Trinajstić information content (AvgIpc) is 2.69. The molecule has 1 aromatic carbocycles. The largest absolute Gasteiger partial charge is 0.345 e. The van der Waals surface area contributed by atoms with Gasteiger partial charge >= 0.3 is 0 Å². The van der Waals surface area contributed by atoms with Crippen LogP contribution in [0.1, 0.15) is 13.8 Å². The van der Waals surface area contributed by atoms with Crippen molar-refractivity contribution >= 4 is 38.5 Å². The lowest BCUT2D eigenvalue weighted by atomic mass is 10.3.